The molecule has 2 aliphatic rings. The third-order valence-corrected chi connectivity index (χ3v) is 5.62. The first kappa shape index (κ1) is 17.2. The van der Waals surface area contributed by atoms with Crippen LogP contribution in [0, 0.1) is 11.8 Å². The molecule has 0 aromatic heterocycles. The third-order valence-electron chi connectivity index (χ3n) is 5.62. The second kappa shape index (κ2) is 8.47. The Labute approximate surface area is 130 Å². The molecule has 4 unspecified atom stereocenters. The lowest BCUT2D eigenvalue weighted by Crippen LogP contribution is -2.46. The summed E-state index contributed by atoms with van der Waals surface area (Å²) >= 11 is 0. The Morgan fingerprint density at radius 3 is 1.57 bits per heavy atom. The van der Waals surface area contributed by atoms with E-state index >= 15 is 0 Å². The molecule has 2 fully saturated rings. The van der Waals surface area contributed by atoms with Crippen LogP contribution in [0.25, 0.3) is 0 Å². The van der Waals surface area contributed by atoms with Crippen LogP contribution in [0.2, 0.25) is 0 Å². The highest BCUT2D eigenvalue weighted by Crippen LogP contribution is 2.23. The van der Waals surface area contributed by atoms with Crippen molar-refractivity contribution in [1.29, 1.82) is 0 Å². The largest absolute Gasteiger partial charge is 0.396 e. The van der Waals surface area contributed by atoms with Crippen LogP contribution < -0.4 is 0 Å². The van der Waals surface area contributed by atoms with Gasteiger partial charge < -0.3 is 20.0 Å². The highest BCUT2D eigenvalue weighted by Gasteiger charge is 2.26. The van der Waals surface area contributed by atoms with Gasteiger partial charge in [-0.2, -0.15) is 0 Å². The smallest absolute Gasteiger partial charge is 0.0471 e. The van der Waals surface area contributed by atoms with Crippen LogP contribution >= 0.6 is 0 Å². The Hall–Kier alpha value is -0.160. The minimum Gasteiger partial charge on any atom is -0.396 e. The summed E-state index contributed by atoms with van der Waals surface area (Å²) in [4.78, 5) is 5.12. The number of piperidine rings is 2. The summed E-state index contributed by atoms with van der Waals surface area (Å²) in [6, 6.07) is 1.33. The molecule has 0 saturated carbocycles. The van der Waals surface area contributed by atoms with E-state index in [2.05, 4.69) is 23.6 Å². The fourth-order valence-corrected chi connectivity index (χ4v) is 3.92. The summed E-state index contributed by atoms with van der Waals surface area (Å²) < 4.78 is 0. The van der Waals surface area contributed by atoms with E-state index in [-0.39, 0.29) is 0 Å². The zero-order chi connectivity index (χ0) is 15.2. The molecule has 4 heteroatoms. The van der Waals surface area contributed by atoms with Gasteiger partial charge in [-0.25, -0.2) is 0 Å². The lowest BCUT2D eigenvalue weighted by atomic mass is 9.93. The average molecular weight is 298 g/mol. The summed E-state index contributed by atoms with van der Waals surface area (Å²) in [5.41, 5.74) is 0. The van der Waals surface area contributed by atoms with E-state index in [0.29, 0.717) is 37.1 Å². The van der Waals surface area contributed by atoms with Gasteiger partial charge in [-0.05, 0) is 70.9 Å². The molecular formula is C17H34N2O2. The van der Waals surface area contributed by atoms with E-state index in [9.17, 15) is 10.2 Å². The van der Waals surface area contributed by atoms with Crippen LogP contribution in [0.5, 0.6) is 0 Å². The van der Waals surface area contributed by atoms with E-state index in [4.69, 9.17) is 0 Å². The molecule has 0 bridgehead atoms. The summed E-state index contributed by atoms with van der Waals surface area (Å²) in [6.45, 7) is 9.72. The molecule has 0 aromatic carbocycles. The van der Waals surface area contributed by atoms with Crippen molar-refractivity contribution in [3.63, 3.8) is 0 Å². The first-order chi connectivity index (χ1) is 10.1. The number of aliphatic hydroxyl groups excluding tert-OH is 2. The van der Waals surface area contributed by atoms with Gasteiger partial charge in [0.2, 0.25) is 0 Å². The predicted molar refractivity (Wildman–Crippen MR) is 86.3 cm³/mol. The number of aliphatic hydroxyl groups is 2. The number of hydrogen-bond donors (Lipinski definition) is 2. The summed E-state index contributed by atoms with van der Waals surface area (Å²) in [7, 11) is 0. The maximum absolute atomic E-state index is 9.36. The highest BCUT2D eigenvalue weighted by atomic mass is 16.3. The van der Waals surface area contributed by atoms with Gasteiger partial charge in [0.25, 0.3) is 0 Å². The molecule has 2 heterocycles. The van der Waals surface area contributed by atoms with Crippen molar-refractivity contribution >= 4 is 0 Å². The first-order valence-corrected chi connectivity index (χ1v) is 8.83. The Morgan fingerprint density at radius 1 is 0.762 bits per heavy atom. The molecule has 4 atom stereocenters. The van der Waals surface area contributed by atoms with Gasteiger partial charge in [-0.3, -0.25) is 0 Å². The molecule has 0 aliphatic carbocycles. The molecular weight excluding hydrogens is 264 g/mol. The van der Waals surface area contributed by atoms with Gasteiger partial charge in [0, 0.05) is 38.4 Å². The highest BCUT2D eigenvalue weighted by molar-refractivity contribution is 4.81. The third kappa shape index (κ3) is 4.92. The van der Waals surface area contributed by atoms with Crippen molar-refractivity contribution in [2.75, 3.05) is 39.4 Å². The van der Waals surface area contributed by atoms with E-state index < -0.39 is 0 Å². The maximum Gasteiger partial charge on any atom is 0.0471 e. The zero-order valence-electron chi connectivity index (χ0n) is 13.9. The lowest BCUT2D eigenvalue weighted by Gasteiger charge is -2.40. The Balaban J connectivity index is 1.72. The topological polar surface area (TPSA) is 46.9 Å². The van der Waals surface area contributed by atoms with Crippen LogP contribution in [0.3, 0.4) is 0 Å². The number of rotatable bonds is 6. The summed E-state index contributed by atoms with van der Waals surface area (Å²) in [5, 5.41) is 18.7. The second-order valence-corrected chi connectivity index (χ2v) is 7.29. The van der Waals surface area contributed by atoms with Crippen LogP contribution in [0.4, 0.5) is 0 Å². The quantitative estimate of drug-likeness (QED) is 0.781. The molecule has 2 rings (SSSR count). The van der Waals surface area contributed by atoms with Crippen molar-refractivity contribution in [1.82, 2.24) is 9.80 Å². The van der Waals surface area contributed by atoms with Crippen LogP contribution in [-0.2, 0) is 0 Å². The molecule has 4 nitrogen and oxygen atoms in total. The van der Waals surface area contributed by atoms with Gasteiger partial charge in [0.1, 0.15) is 0 Å². The van der Waals surface area contributed by atoms with Crippen LogP contribution in [-0.4, -0.2) is 71.5 Å². The van der Waals surface area contributed by atoms with Crippen molar-refractivity contribution in [3.8, 4) is 0 Å². The molecule has 124 valence electrons. The van der Waals surface area contributed by atoms with Gasteiger partial charge in [-0.15, -0.1) is 0 Å². The van der Waals surface area contributed by atoms with Gasteiger partial charge >= 0.3 is 0 Å². The maximum atomic E-state index is 9.36. The Kier molecular flexibility index (Phi) is 6.93. The fourth-order valence-electron chi connectivity index (χ4n) is 3.92. The standard InChI is InChI=1S/C17H34N2O2/c1-14-4-6-16(12-20)10-18(14)8-3-9-19-11-17(13-21)7-5-15(19)2/h14-17,20-21H,3-13H2,1-2H3. The van der Waals surface area contributed by atoms with Crippen LogP contribution in [0.15, 0.2) is 0 Å². The molecule has 0 spiro atoms. The van der Waals surface area contributed by atoms with Crippen molar-refractivity contribution in [2.24, 2.45) is 11.8 Å². The van der Waals surface area contributed by atoms with E-state index in [1.165, 1.54) is 32.1 Å². The van der Waals surface area contributed by atoms with E-state index in [0.717, 1.165) is 26.2 Å². The molecule has 0 radical (unpaired) electrons. The minimum atomic E-state index is 0.338. The Bertz CT molecular complexity index is 273. The Morgan fingerprint density at radius 2 is 1.19 bits per heavy atom. The predicted octanol–water partition coefficient (Wildman–Crippen LogP) is 1.56. The first-order valence-electron chi connectivity index (χ1n) is 8.83. The SMILES string of the molecule is CC1CCC(CO)CN1CCCN1CC(CO)CCC1C. The molecule has 0 amide bonds. The summed E-state index contributed by atoms with van der Waals surface area (Å²) in [6.07, 6.45) is 5.99. The van der Waals surface area contributed by atoms with Crippen LogP contribution in [0.1, 0.15) is 46.0 Å². The molecule has 21 heavy (non-hydrogen) atoms. The monoisotopic (exact) mass is 298 g/mol. The van der Waals surface area contributed by atoms with E-state index in [1.54, 1.807) is 0 Å². The molecule has 2 N–H and O–H groups in total. The number of hydrogen-bond acceptors (Lipinski definition) is 4. The fraction of sp³-hybridized carbons (Fsp3) is 1.00. The summed E-state index contributed by atoms with van der Waals surface area (Å²) in [5.74, 6) is 0.961. The second-order valence-electron chi connectivity index (χ2n) is 7.29. The number of likely N-dealkylation sites (tertiary alicyclic amines) is 2. The average Bonchev–Trinajstić information content (AvgIpc) is 2.51. The van der Waals surface area contributed by atoms with Gasteiger partial charge in [0.15, 0.2) is 0 Å². The number of nitrogens with zero attached hydrogens (tertiary/aromatic N) is 2. The molecule has 0 aromatic rings. The minimum absolute atomic E-state index is 0.338. The van der Waals surface area contributed by atoms with Crippen molar-refractivity contribution in [3.05, 3.63) is 0 Å². The van der Waals surface area contributed by atoms with Crippen molar-refractivity contribution < 1.29 is 10.2 Å². The van der Waals surface area contributed by atoms with Gasteiger partial charge in [0.05, 0.1) is 0 Å². The molecule has 2 aliphatic heterocycles. The zero-order valence-corrected chi connectivity index (χ0v) is 13.9. The van der Waals surface area contributed by atoms with Crippen molar-refractivity contribution in [2.45, 2.75) is 58.0 Å². The molecule has 2 saturated heterocycles. The normalized spacial score (nSPS) is 36.0. The van der Waals surface area contributed by atoms with E-state index in [1.807, 2.05) is 0 Å². The van der Waals surface area contributed by atoms with Gasteiger partial charge in [-0.1, -0.05) is 0 Å². The lowest BCUT2D eigenvalue weighted by molar-refractivity contribution is 0.0617.